The second-order valence-corrected chi connectivity index (χ2v) is 7.28. The van der Waals surface area contributed by atoms with E-state index in [0.717, 1.165) is 38.2 Å². The number of carbonyl (C=O) groups excluding carboxylic acids is 1. The fourth-order valence-corrected chi connectivity index (χ4v) is 3.52. The summed E-state index contributed by atoms with van der Waals surface area (Å²) in [5, 5.41) is 10.2. The van der Waals surface area contributed by atoms with Gasteiger partial charge in [-0.05, 0) is 38.8 Å². The minimum Gasteiger partial charge on any atom is -0.475 e. The van der Waals surface area contributed by atoms with Gasteiger partial charge in [-0.2, -0.15) is 13.2 Å². The van der Waals surface area contributed by atoms with Crippen molar-refractivity contribution in [2.75, 3.05) is 19.7 Å². The molecule has 2 N–H and O–H groups in total. The zero-order valence-corrected chi connectivity index (χ0v) is 15.8. The third-order valence-corrected chi connectivity index (χ3v) is 4.77. The number of carbonyl (C=O) groups is 2. The molecule has 7 nitrogen and oxygen atoms in total. The number of likely N-dealkylation sites (tertiary alicyclic amines) is 1. The number of fused-ring (bicyclic) bond motifs is 1. The minimum atomic E-state index is -5.08. The van der Waals surface area contributed by atoms with Crippen LogP contribution >= 0.6 is 0 Å². The first-order valence-corrected chi connectivity index (χ1v) is 9.02. The zero-order chi connectivity index (χ0) is 20.9. The van der Waals surface area contributed by atoms with Crippen LogP contribution in [0.5, 0.6) is 0 Å². The van der Waals surface area contributed by atoms with Crippen molar-refractivity contribution in [1.29, 1.82) is 0 Å². The van der Waals surface area contributed by atoms with Gasteiger partial charge >= 0.3 is 12.1 Å². The van der Waals surface area contributed by atoms with Gasteiger partial charge in [0.1, 0.15) is 5.76 Å². The maximum atomic E-state index is 12.7. The number of carboxylic acids is 1. The molecule has 1 aromatic rings. The summed E-state index contributed by atoms with van der Waals surface area (Å²) in [6.07, 6.45) is -1.61. The topological polar surface area (TPSA) is 92.0 Å². The number of alkyl halides is 3. The summed E-state index contributed by atoms with van der Waals surface area (Å²) >= 11 is 0. The molecule has 1 aromatic heterocycles. The second-order valence-electron chi connectivity index (χ2n) is 7.28. The third-order valence-electron chi connectivity index (χ3n) is 4.77. The van der Waals surface area contributed by atoms with Crippen LogP contribution in [0.4, 0.5) is 13.2 Å². The standard InChI is InChI=1S/C16H24N2O3.C2HF3O2/c1-12(2)17-15(19)16-6-9-21-14(16)5-7-18(11-16)10-13-4-3-8-20-13;3-2(4,5)1(6)7/h3-4,8,12,14H,5-7,9-11H2,1-2H3,(H,17,19);(H,6,7)/t14-,16-;/m1./s1. The summed E-state index contributed by atoms with van der Waals surface area (Å²) in [5.74, 6) is -1.66. The van der Waals surface area contributed by atoms with Crippen LogP contribution < -0.4 is 5.32 Å². The van der Waals surface area contributed by atoms with Crippen LogP contribution in [0.15, 0.2) is 22.8 Å². The number of piperidine rings is 1. The first-order chi connectivity index (χ1) is 13.0. The third kappa shape index (κ3) is 5.48. The molecule has 2 aliphatic rings. The number of carboxylic acid groups (broad SMARTS) is 1. The van der Waals surface area contributed by atoms with E-state index in [2.05, 4.69) is 10.2 Å². The van der Waals surface area contributed by atoms with E-state index in [4.69, 9.17) is 19.1 Å². The quantitative estimate of drug-likeness (QED) is 0.798. The van der Waals surface area contributed by atoms with Gasteiger partial charge in [0.05, 0.1) is 24.3 Å². The highest BCUT2D eigenvalue weighted by molar-refractivity contribution is 5.84. The summed E-state index contributed by atoms with van der Waals surface area (Å²) in [4.78, 5) is 23.9. The molecular formula is C18H25F3N2O5. The molecule has 158 valence electrons. The summed E-state index contributed by atoms with van der Waals surface area (Å²) in [6, 6.07) is 4.05. The molecule has 2 aliphatic heterocycles. The molecule has 0 saturated carbocycles. The molecule has 3 rings (SSSR count). The van der Waals surface area contributed by atoms with E-state index >= 15 is 0 Å². The lowest BCUT2D eigenvalue weighted by Gasteiger charge is -2.42. The first-order valence-electron chi connectivity index (χ1n) is 9.02. The number of furan rings is 1. The fraction of sp³-hybridized carbons (Fsp3) is 0.667. The van der Waals surface area contributed by atoms with Gasteiger partial charge in [0.2, 0.25) is 5.91 Å². The largest absolute Gasteiger partial charge is 0.490 e. The van der Waals surface area contributed by atoms with E-state index in [1.807, 2.05) is 26.0 Å². The van der Waals surface area contributed by atoms with E-state index in [9.17, 15) is 18.0 Å². The Morgan fingerprint density at radius 3 is 2.64 bits per heavy atom. The Morgan fingerprint density at radius 2 is 2.11 bits per heavy atom. The van der Waals surface area contributed by atoms with E-state index in [1.54, 1.807) is 6.26 Å². The number of aliphatic carboxylic acids is 1. The smallest absolute Gasteiger partial charge is 0.475 e. The molecule has 0 bridgehead atoms. The highest BCUT2D eigenvalue weighted by atomic mass is 19.4. The SMILES string of the molecule is CC(C)NC(=O)[C@@]12CCO[C@@H]1CCN(Cc1ccco1)C2.O=C(O)C(F)(F)F. The number of nitrogens with one attached hydrogen (secondary N) is 1. The Hall–Kier alpha value is -2.07. The maximum Gasteiger partial charge on any atom is 0.490 e. The molecule has 28 heavy (non-hydrogen) atoms. The molecule has 0 spiro atoms. The molecule has 3 heterocycles. The number of hydrogen-bond acceptors (Lipinski definition) is 5. The average molecular weight is 406 g/mol. The summed E-state index contributed by atoms with van der Waals surface area (Å²) in [5.41, 5.74) is -0.394. The monoisotopic (exact) mass is 406 g/mol. The highest BCUT2D eigenvalue weighted by Crippen LogP contribution is 2.41. The Morgan fingerprint density at radius 1 is 1.43 bits per heavy atom. The van der Waals surface area contributed by atoms with Crippen molar-refractivity contribution in [3.05, 3.63) is 24.2 Å². The Balaban J connectivity index is 0.000000345. The molecule has 0 aromatic carbocycles. The van der Waals surface area contributed by atoms with Gasteiger partial charge in [-0.25, -0.2) is 4.79 Å². The number of amides is 1. The van der Waals surface area contributed by atoms with Gasteiger partial charge in [-0.1, -0.05) is 0 Å². The lowest BCUT2D eigenvalue weighted by Crippen LogP contribution is -2.57. The number of ether oxygens (including phenoxy) is 1. The summed E-state index contributed by atoms with van der Waals surface area (Å²) in [7, 11) is 0. The van der Waals surface area contributed by atoms with Crippen molar-refractivity contribution >= 4 is 11.9 Å². The van der Waals surface area contributed by atoms with E-state index in [-0.39, 0.29) is 18.1 Å². The Labute approximate surface area is 160 Å². The molecule has 2 fully saturated rings. The maximum absolute atomic E-state index is 12.7. The molecule has 10 heteroatoms. The van der Waals surface area contributed by atoms with Crippen molar-refractivity contribution in [2.24, 2.45) is 5.41 Å². The fourth-order valence-electron chi connectivity index (χ4n) is 3.52. The van der Waals surface area contributed by atoms with Gasteiger partial charge in [0.25, 0.3) is 0 Å². The van der Waals surface area contributed by atoms with Crippen LogP contribution in [0.3, 0.4) is 0 Å². The van der Waals surface area contributed by atoms with Crippen molar-refractivity contribution < 1.29 is 37.0 Å². The Bertz CT molecular complexity index is 663. The number of rotatable bonds is 4. The van der Waals surface area contributed by atoms with Crippen LogP contribution in [0.1, 0.15) is 32.4 Å². The van der Waals surface area contributed by atoms with Crippen LogP contribution in [0.2, 0.25) is 0 Å². The van der Waals surface area contributed by atoms with Crippen LogP contribution in [-0.2, 0) is 20.9 Å². The second kappa shape index (κ2) is 8.95. The molecule has 0 aliphatic carbocycles. The van der Waals surface area contributed by atoms with Gasteiger partial charge in [0, 0.05) is 25.7 Å². The van der Waals surface area contributed by atoms with Gasteiger partial charge in [0.15, 0.2) is 0 Å². The lowest BCUT2D eigenvalue weighted by atomic mass is 9.75. The van der Waals surface area contributed by atoms with Crippen molar-refractivity contribution in [3.63, 3.8) is 0 Å². The number of halogens is 3. The zero-order valence-electron chi connectivity index (χ0n) is 15.8. The van der Waals surface area contributed by atoms with E-state index < -0.39 is 17.6 Å². The van der Waals surface area contributed by atoms with Crippen LogP contribution in [-0.4, -0.2) is 59.9 Å². The Kier molecular flexibility index (Phi) is 7.11. The number of hydrogen-bond donors (Lipinski definition) is 2. The summed E-state index contributed by atoms with van der Waals surface area (Å²) in [6.45, 7) is 7.14. The predicted molar refractivity (Wildman–Crippen MR) is 92.4 cm³/mol. The normalized spacial score (nSPS) is 25.0. The molecule has 1 amide bonds. The molecule has 0 radical (unpaired) electrons. The van der Waals surface area contributed by atoms with Crippen molar-refractivity contribution in [1.82, 2.24) is 10.2 Å². The first kappa shape index (κ1) is 22.2. The van der Waals surface area contributed by atoms with E-state index in [1.165, 1.54) is 0 Å². The number of nitrogens with zero attached hydrogens (tertiary/aromatic N) is 1. The molecule has 0 unspecified atom stereocenters. The van der Waals surface area contributed by atoms with Gasteiger partial charge in [-0.3, -0.25) is 9.69 Å². The average Bonchev–Trinajstić information content (AvgIpc) is 3.23. The van der Waals surface area contributed by atoms with Gasteiger partial charge < -0.3 is 19.6 Å². The minimum absolute atomic E-state index is 0.0594. The van der Waals surface area contributed by atoms with E-state index in [0.29, 0.717) is 6.61 Å². The molecule has 2 atom stereocenters. The highest BCUT2D eigenvalue weighted by Gasteiger charge is 2.53. The van der Waals surface area contributed by atoms with Crippen molar-refractivity contribution in [2.45, 2.75) is 51.6 Å². The lowest BCUT2D eigenvalue weighted by molar-refractivity contribution is -0.192. The van der Waals surface area contributed by atoms with Crippen LogP contribution in [0.25, 0.3) is 0 Å². The summed E-state index contributed by atoms with van der Waals surface area (Å²) < 4.78 is 43.0. The predicted octanol–water partition coefficient (Wildman–Crippen LogP) is 2.42. The van der Waals surface area contributed by atoms with Gasteiger partial charge in [-0.15, -0.1) is 0 Å². The van der Waals surface area contributed by atoms with Crippen LogP contribution in [0, 0.1) is 5.41 Å². The van der Waals surface area contributed by atoms with Crippen molar-refractivity contribution in [3.8, 4) is 0 Å². The molecule has 2 saturated heterocycles. The molecular weight excluding hydrogens is 381 g/mol.